The van der Waals surface area contributed by atoms with E-state index in [1.54, 1.807) is 11.3 Å². The Labute approximate surface area is 217 Å². The van der Waals surface area contributed by atoms with Gasteiger partial charge in [-0.15, -0.1) is 11.3 Å². The Morgan fingerprint density at radius 1 is 1.17 bits per heavy atom. The smallest absolute Gasteiger partial charge is 0.247 e. The van der Waals surface area contributed by atoms with E-state index in [9.17, 15) is 4.79 Å². The van der Waals surface area contributed by atoms with Crippen molar-refractivity contribution in [1.82, 2.24) is 14.9 Å². The molecule has 0 bridgehead atoms. The summed E-state index contributed by atoms with van der Waals surface area (Å²) in [7, 11) is 2.11. The van der Waals surface area contributed by atoms with Gasteiger partial charge in [-0.3, -0.25) is 4.79 Å². The number of amides is 1. The van der Waals surface area contributed by atoms with Crippen LogP contribution in [0.25, 0.3) is 10.2 Å². The molecule has 1 amide bonds. The van der Waals surface area contributed by atoms with E-state index in [1.807, 2.05) is 47.8 Å². The summed E-state index contributed by atoms with van der Waals surface area (Å²) in [6.45, 7) is 5.47. The fraction of sp³-hybridized carbons (Fsp3) is 0.222. The monoisotopic (exact) mass is 519 g/mol. The Morgan fingerprint density at radius 2 is 2.00 bits per heavy atom. The molecule has 0 unspecified atom stereocenters. The van der Waals surface area contributed by atoms with Crippen molar-refractivity contribution in [3.63, 3.8) is 0 Å². The first-order valence-electron chi connectivity index (χ1n) is 11.7. The maximum Gasteiger partial charge on any atom is 0.247 e. The fourth-order valence-corrected chi connectivity index (χ4v) is 6.16. The molecule has 0 aliphatic carbocycles. The molecule has 1 fully saturated rings. The Hall–Kier alpha value is -3.27. The van der Waals surface area contributed by atoms with Gasteiger partial charge in [0.05, 0.1) is 10.2 Å². The molecule has 2 N–H and O–H groups in total. The summed E-state index contributed by atoms with van der Waals surface area (Å²) in [6.07, 6.45) is 3.18. The molecule has 1 aliphatic heterocycles. The predicted molar refractivity (Wildman–Crippen MR) is 146 cm³/mol. The molecule has 2 aromatic heterocycles. The third kappa shape index (κ3) is 5.59. The zero-order valence-electron chi connectivity index (χ0n) is 19.8. The standard InChI is InChI=1S/C27H26FN5OS2/c1-3-24(34)29-18-5-4-6-20(15-18)36-26-25-23(11-14-35-25)31-27(32-26)30-19-7-8-21(22(28)16-19)17-9-12-33(2)13-10-17/h3-8,11,14-17H,1,9-10,12-13H2,2H3,(H,29,34)(H,30,31,32). The molecule has 5 rings (SSSR count). The molecule has 0 atom stereocenters. The normalized spacial score (nSPS) is 14.6. The average Bonchev–Trinajstić information content (AvgIpc) is 3.34. The first kappa shape index (κ1) is 24.4. The fourth-order valence-electron chi connectivity index (χ4n) is 4.29. The highest BCUT2D eigenvalue weighted by Gasteiger charge is 2.21. The second kappa shape index (κ2) is 10.8. The molecule has 0 radical (unpaired) electrons. The SMILES string of the molecule is C=CC(=O)Nc1cccc(Sc2nc(Nc3ccc(C4CCN(C)CC4)c(F)c3)nc3ccsc23)c1. The highest BCUT2D eigenvalue weighted by Crippen LogP contribution is 2.37. The first-order chi connectivity index (χ1) is 17.5. The second-order valence-electron chi connectivity index (χ2n) is 8.75. The summed E-state index contributed by atoms with van der Waals surface area (Å²) in [5.74, 6) is 0.203. The summed E-state index contributed by atoms with van der Waals surface area (Å²) < 4.78 is 16.0. The van der Waals surface area contributed by atoms with Gasteiger partial charge in [0.2, 0.25) is 11.9 Å². The number of nitrogens with zero attached hydrogens (tertiary/aromatic N) is 3. The van der Waals surface area contributed by atoms with Crippen molar-refractivity contribution < 1.29 is 9.18 Å². The number of benzene rings is 2. The highest BCUT2D eigenvalue weighted by atomic mass is 32.2. The number of thiophene rings is 1. The van der Waals surface area contributed by atoms with Crippen molar-refractivity contribution in [2.24, 2.45) is 0 Å². The number of aromatic nitrogens is 2. The molecule has 1 saturated heterocycles. The molecule has 9 heteroatoms. The van der Waals surface area contributed by atoms with Gasteiger partial charge in [-0.1, -0.05) is 30.5 Å². The molecule has 36 heavy (non-hydrogen) atoms. The van der Waals surface area contributed by atoms with E-state index >= 15 is 4.39 Å². The van der Waals surface area contributed by atoms with Crippen LogP contribution >= 0.6 is 23.1 Å². The molecule has 2 aromatic carbocycles. The molecule has 4 aromatic rings. The summed E-state index contributed by atoms with van der Waals surface area (Å²) in [4.78, 5) is 24.2. The Morgan fingerprint density at radius 3 is 2.78 bits per heavy atom. The molecular weight excluding hydrogens is 493 g/mol. The van der Waals surface area contributed by atoms with Crippen LogP contribution in [0.4, 0.5) is 21.7 Å². The number of rotatable bonds is 7. The van der Waals surface area contributed by atoms with Crippen LogP contribution in [-0.2, 0) is 4.79 Å². The van der Waals surface area contributed by atoms with Gasteiger partial charge < -0.3 is 15.5 Å². The van der Waals surface area contributed by atoms with E-state index in [0.717, 1.165) is 51.6 Å². The van der Waals surface area contributed by atoms with Crippen LogP contribution < -0.4 is 10.6 Å². The van der Waals surface area contributed by atoms with Crippen LogP contribution in [0.3, 0.4) is 0 Å². The lowest BCUT2D eigenvalue weighted by Gasteiger charge is -2.29. The van der Waals surface area contributed by atoms with Crippen LogP contribution in [0.5, 0.6) is 0 Å². The predicted octanol–water partition coefficient (Wildman–Crippen LogP) is 6.66. The summed E-state index contributed by atoms with van der Waals surface area (Å²) in [6, 6.07) is 14.8. The number of piperidine rings is 1. The lowest BCUT2D eigenvalue weighted by molar-refractivity contribution is -0.111. The quantitative estimate of drug-likeness (QED) is 0.210. The van der Waals surface area contributed by atoms with Crippen molar-refractivity contribution in [2.45, 2.75) is 28.7 Å². The Kier molecular flexibility index (Phi) is 7.31. The van der Waals surface area contributed by atoms with Crippen LogP contribution in [0.15, 0.2) is 76.5 Å². The molecule has 184 valence electrons. The van der Waals surface area contributed by atoms with Crippen LogP contribution in [0, 0.1) is 5.82 Å². The van der Waals surface area contributed by atoms with E-state index in [0.29, 0.717) is 17.3 Å². The van der Waals surface area contributed by atoms with E-state index < -0.39 is 0 Å². The summed E-state index contributed by atoms with van der Waals surface area (Å²) in [5.41, 5.74) is 2.89. The summed E-state index contributed by atoms with van der Waals surface area (Å²) in [5, 5.41) is 8.73. The summed E-state index contributed by atoms with van der Waals surface area (Å²) >= 11 is 3.05. The van der Waals surface area contributed by atoms with E-state index in [-0.39, 0.29) is 17.6 Å². The zero-order chi connectivity index (χ0) is 25.1. The Balaban J connectivity index is 1.37. The van der Waals surface area contributed by atoms with Crippen molar-refractivity contribution in [3.8, 4) is 0 Å². The second-order valence-corrected chi connectivity index (χ2v) is 10.7. The van der Waals surface area contributed by atoms with Crippen molar-refractivity contribution in [1.29, 1.82) is 0 Å². The number of carbonyl (C=O) groups excluding carboxylic acids is 1. The Bertz CT molecular complexity index is 1410. The van der Waals surface area contributed by atoms with Crippen molar-refractivity contribution in [3.05, 3.63) is 77.9 Å². The molecule has 3 heterocycles. The van der Waals surface area contributed by atoms with Gasteiger partial charge in [-0.25, -0.2) is 14.4 Å². The zero-order valence-corrected chi connectivity index (χ0v) is 21.5. The number of nitrogens with one attached hydrogen (secondary N) is 2. The molecular formula is C27H26FN5OS2. The van der Waals surface area contributed by atoms with E-state index in [2.05, 4.69) is 34.1 Å². The number of anilines is 3. The maximum atomic E-state index is 15.0. The lowest BCUT2D eigenvalue weighted by Crippen LogP contribution is -2.29. The van der Waals surface area contributed by atoms with Crippen LogP contribution in [0.2, 0.25) is 0 Å². The molecule has 1 aliphatic rings. The maximum absolute atomic E-state index is 15.0. The van der Waals surface area contributed by atoms with Gasteiger partial charge in [0.1, 0.15) is 10.8 Å². The largest absolute Gasteiger partial charge is 0.324 e. The molecule has 6 nitrogen and oxygen atoms in total. The number of halogens is 1. The van der Waals surface area contributed by atoms with Crippen LogP contribution in [-0.4, -0.2) is 40.9 Å². The minimum atomic E-state index is -0.264. The minimum absolute atomic E-state index is 0.195. The molecule has 0 saturated carbocycles. The third-order valence-electron chi connectivity index (χ3n) is 6.19. The van der Waals surface area contributed by atoms with Gasteiger partial charge >= 0.3 is 0 Å². The van der Waals surface area contributed by atoms with E-state index in [4.69, 9.17) is 4.98 Å². The van der Waals surface area contributed by atoms with Crippen molar-refractivity contribution >= 4 is 56.5 Å². The van der Waals surface area contributed by atoms with Gasteiger partial charge in [0, 0.05) is 16.3 Å². The number of carbonyl (C=O) groups is 1. The number of likely N-dealkylation sites (tertiary alicyclic amines) is 1. The van der Waals surface area contributed by atoms with Gasteiger partial charge in [-0.05, 0) is 92.3 Å². The van der Waals surface area contributed by atoms with Gasteiger partial charge in [0.15, 0.2) is 0 Å². The number of hydrogen-bond donors (Lipinski definition) is 2. The topological polar surface area (TPSA) is 70.2 Å². The minimum Gasteiger partial charge on any atom is -0.324 e. The highest BCUT2D eigenvalue weighted by molar-refractivity contribution is 7.99. The van der Waals surface area contributed by atoms with Crippen molar-refractivity contribution in [2.75, 3.05) is 30.8 Å². The number of hydrogen-bond acceptors (Lipinski definition) is 7. The average molecular weight is 520 g/mol. The number of fused-ring (bicyclic) bond motifs is 1. The van der Waals surface area contributed by atoms with E-state index in [1.165, 1.54) is 23.9 Å². The van der Waals surface area contributed by atoms with Gasteiger partial charge in [0.25, 0.3) is 0 Å². The van der Waals surface area contributed by atoms with Gasteiger partial charge in [-0.2, -0.15) is 0 Å². The van der Waals surface area contributed by atoms with Crippen LogP contribution in [0.1, 0.15) is 24.3 Å². The first-order valence-corrected chi connectivity index (χ1v) is 13.4. The lowest BCUT2D eigenvalue weighted by atomic mass is 9.89. The third-order valence-corrected chi connectivity index (χ3v) is 8.21. The molecule has 0 spiro atoms.